The molecule has 0 spiro atoms. The summed E-state index contributed by atoms with van der Waals surface area (Å²) in [4.78, 5) is 41.6. The van der Waals surface area contributed by atoms with Gasteiger partial charge in [-0.25, -0.2) is 4.79 Å². The first-order valence-corrected chi connectivity index (χ1v) is 13.1. The molecule has 2 atom stereocenters. The number of anilines is 1. The van der Waals surface area contributed by atoms with Crippen molar-refractivity contribution in [2.45, 2.75) is 89.1 Å². The van der Waals surface area contributed by atoms with Crippen LogP contribution in [0, 0.1) is 0 Å². The molecular weight excluding hydrogens is 448 g/mol. The Kier molecular flexibility index (Phi) is 5.36. The highest BCUT2D eigenvalue weighted by Crippen LogP contribution is 2.40. The molecule has 2 bridgehead atoms. The first kappa shape index (κ1) is 22.8. The fourth-order valence-electron chi connectivity index (χ4n) is 6.73. The summed E-state index contributed by atoms with van der Waals surface area (Å²) in [5.41, 5.74) is 0.821. The van der Waals surface area contributed by atoms with Gasteiger partial charge in [0.15, 0.2) is 0 Å². The highest BCUT2D eigenvalue weighted by atomic mass is 16.6. The molecule has 4 saturated heterocycles. The normalized spacial score (nSPS) is 27.1. The molecule has 5 aliphatic rings. The van der Waals surface area contributed by atoms with Crippen molar-refractivity contribution in [1.82, 2.24) is 25.1 Å². The molecule has 1 aromatic heterocycles. The molecular formula is C25H36N6O4. The number of ether oxygens (including phenoxy) is 2. The van der Waals surface area contributed by atoms with Crippen molar-refractivity contribution in [3.05, 3.63) is 11.3 Å². The average Bonchev–Trinajstić information content (AvgIpc) is 3.53. The van der Waals surface area contributed by atoms with Gasteiger partial charge >= 0.3 is 12.1 Å². The monoisotopic (exact) mass is 484 g/mol. The summed E-state index contributed by atoms with van der Waals surface area (Å²) in [5, 5.41) is 2.90. The molecule has 0 radical (unpaired) electrons. The van der Waals surface area contributed by atoms with Crippen LogP contribution in [0.25, 0.3) is 0 Å². The second-order valence-corrected chi connectivity index (χ2v) is 11.7. The molecule has 6 rings (SSSR count). The van der Waals surface area contributed by atoms with Crippen LogP contribution in [0.4, 0.5) is 10.6 Å². The van der Waals surface area contributed by atoms with Gasteiger partial charge in [-0.2, -0.15) is 9.97 Å². The quantitative estimate of drug-likeness (QED) is 0.695. The number of piperazine rings is 1. The number of carbonyl (C=O) groups excluding carboxylic acids is 2. The molecule has 2 amide bonds. The second kappa shape index (κ2) is 8.21. The standard InChI is InChI=1S/C25H36N6O4/c1-24(2,3)35-23(33)31-16-6-7-17(31)14-29(13-16)20-19-18(12-26-21(19)32)27-22(28-20)34-15-25-8-4-10-30(25)11-5-9-25/h16-17H,4-15H2,1-3H3,(H,26,32). The van der Waals surface area contributed by atoms with Crippen LogP contribution in [0.2, 0.25) is 0 Å². The molecule has 6 heterocycles. The smallest absolute Gasteiger partial charge is 0.410 e. The largest absolute Gasteiger partial charge is 0.461 e. The van der Waals surface area contributed by atoms with Crippen molar-refractivity contribution in [1.29, 1.82) is 0 Å². The van der Waals surface area contributed by atoms with Crippen LogP contribution in [0.15, 0.2) is 0 Å². The van der Waals surface area contributed by atoms with Gasteiger partial charge in [-0.15, -0.1) is 0 Å². The molecule has 10 nitrogen and oxygen atoms in total. The number of fused-ring (bicyclic) bond motifs is 4. The third-order valence-corrected chi connectivity index (χ3v) is 8.25. The highest BCUT2D eigenvalue weighted by Gasteiger charge is 2.47. The number of aromatic nitrogens is 2. The van der Waals surface area contributed by atoms with Gasteiger partial charge in [0, 0.05) is 13.1 Å². The lowest BCUT2D eigenvalue weighted by Crippen LogP contribution is -2.57. The molecule has 1 aromatic rings. The fraction of sp³-hybridized carbons (Fsp3) is 0.760. The SMILES string of the molecule is CC(C)(C)OC(=O)N1C2CCC1CN(c1nc(OCC34CCCN3CCC4)nc3c1C(=O)NC3)C2. The maximum absolute atomic E-state index is 12.9. The van der Waals surface area contributed by atoms with Crippen LogP contribution in [-0.4, -0.2) is 87.8 Å². The Bertz CT molecular complexity index is 1020. The predicted molar refractivity (Wildman–Crippen MR) is 129 cm³/mol. The maximum atomic E-state index is 12.9. The minimum Gasteiger partial charge on any atom is -0.461 e. The van der Waals surface area contributed by atoms with E-state index in [1.165, 1.54) is 12.8 Å². The third kappa shape index (κ3) is 3.99. The zero-order valence-corrected chi connectivity index (χ0v) is 21.0. The van der Waals surface area contributed by atoms with Crippen LogP contribution < -0.4 is 15.0 Å². The highest BCUT2D eigenvalue weighted by molar-refractivity contribution is 6.02. The minimum absolute atomic E-state index is 0.0347. The van der Waals surface area contributed by atoms with E-state index in [2.05, 4.69) is 20.1 Å². The van der Waals surface area contributed by atoms with Crippen molar-refractivity contribution in [2.75, 3.05) is 37.7 Å². The summed E-state index contributed by atoms with van der Waals surface area (Å²) in [6.07, 6.45) is 6.31. The van der Waals surface area contributed by atoms with Crippen molar-refractivity contribution >= 4 is 17.8 Å². The molecule has 5 aliphatic heterocycles. The molecule has 0 aromatic carbocycles. The van der Waals surface area contributed by atoms with Crippen molar-refractivity contribution < 1.29 is 19.1 Å². The lowest BCUT2D eigenvalue weighted by molar-refractivity contribution is 0.0122. The topological polar surface area (TPSA) is 100 Å². The van der Waals surface area contributed by atoms with Crippen LogP contribution in [0.3, 0.4) is 0 Å². The number of carbonyl (C=O) groups is 2. The van der Waals surface area contributed by atoms with E-state index in [1.54, 1.807) is 0 Å². The molecule has 2 unspecified atom stereocenters. The van der Waals surface area contributed by atoms with Crippen LogP contribution >= 0.6 is 0 Å². The van der Waals surface area contributed by atoms with Crippen molar-refractivity contribution in [3.8, 4) is 6.01 Å². The summed E-state index contributed by atoms with van der Waals surface area (Å²) in [5.74, 6) is 0.493. The van der Waals surface area contributed by atoms with E-state index in [4.69, 9.17) is 14.5 Å². The summed E-state index contributed by atoms with van der Waals surface area (Å²) in [6.45, 7) is 10.2. The van der Waals surface area contributed by atoms with E-state index in [1.807, 2.05) is 25.7 Å². The lowest BCUT2D eigenvalue weighted by atomic mass is 9.95. The first-order chi connectivity index (χ1) is 16.7. The average molecular weight is 485 g/mol. The van der Waals surface area contributed by atoms with Gasteiger partial charge in [-0.3, -0.25) is 14.6 Å². The Morgan fingerprint density at radius 1 is 1.11 bits per heavy atom. The van der Waals surface area contributed by atoms with Crippen LogP contribution in [-0.2, 0) is 11.3 Å². The second-order valence-electron chi connectivity index (χ2n) is 11.7. The molecule has 1 N–H and O–H groups in total. The van der Waals surface area contributed by atoms with Gasteiger partial charge in [-0.05, 0) is 72.4 Å². The molecule has 0 aliphatic carbocycles. The van der Waals surface area contributed by atoms with Crippen molar-refractivity contribution in [3.63, 3.8) is 0 Å². The molecule has 10 heteroatoms. The fourth-order valence-corrected chi connectivity index (χ4v) is 6.73. The van der Waals surface area contributed by atoms with E-state index < -0.39 is 5.60 Å². The van der Waals surface area contributed by atoms with E-state index in [9.17, 15) is 9.59 Å². The molecule has 0 saturated carbocycles. The number of hydrogen-bond donors (Lipinski definition) is 1. The van der Waals surface area contributed by atoms with Gasteiger partial charge in [0.05, 0.1) is 29.9 Å². The summed E-state index contributed by atoms with van der Waals surface area (Å²) < 4.78 is 11.9. The Morgan fingerprint density at radius 2 is 1.80 bits per heavy atom. The number of nitrogens with zero attached hydrogens (tertiary/aromatic N) is 5. The first-order valence-electron chi connectivity index (χ1n) is 13.1. The Balaban J connectivity index is 1.24. The zero-order valence-electron chi connectivity index (χ0n) is 21.0. The number of rotatable bonds is 4. The lowest BCUT2D eigenvalue weighted by Gasteiger charge is -2.42. The van der Waals surface area contributed by atoms with Gasteiger partial charge in [0.2, 0.25) is 0 Å². The Labute approximate surface area is 206 Å². The summed E-state index contributed by atoms with van der Waals surface area (Å²) in [6, 6.07) is 0.422. The van der Waals surface area contributed by atoms with Crippen LogP contribution in [0.1, 0.15) is 75.3 Å². The number of nitrogens with one attached hydrogen (secondary N) is 1. The number of amides is 2. The van der Waals surface area contributed by atoms with Crippen molar-refractivity contribution in [2.24, 2.45) is 0 Å². The molecule has 4 fully saturated rings. The molecule has 190 valence electrons. The van der Waals surface area contributed by atoms with E-state index in [0.717, 1.165) is 38.8 Å². The summed E-state index contributed by atoms with van der Waals surface area (Å²) in [7, 11) is 0. The zero-order chi connectivity index (χ0) is 24.4. The van der Waals surface area contributed by atoms with E-state index in [-0.39, 0.29) is 29.6 Å². The van der Waals surface area contributed by atoms with Gasteiger partial charge < -0.3 is 19.7 Å². The summed E-state index contributed by atoms with van der Waals surface area (Å²) >= 11 is 0. The van der Waals surface area contributed by atoms with Gasteiger partial charge in [0.1, 0.15) is 23.6 Å². The minimum atomic E-state index is -0.529. The van der Waals surface area contributed by atoms with Gasteiger partial charge in [0.25, 0.3) is 5.91 Å². The Morgan fingerprint density at radius 3 is 2.46 bits per heavy atom. The maximum Gasteiger partial charge on any atom is 0.410 e. The van der Waals surface area contributed by atoms with Gasteiger partial charge in [-0.1, -0.05) is 0 Å². The predicted octanol–water partition coefficient (Wildman–Crippen LogP) is 2.32. The Hall–Kier alpha value is -2.62. The van der Waals surface area contributed by atoms with E-state index in [0.29, 0.717) is 49.3 Å². The van der Waals surface area contributed by atoms with Crippen LogP contribution in [0.5, 0.6) is 6.01 Å². The molecule has 35 heavy (non-hydrogen) atoms. The third-order valence-electron chi connectivity index (χ3n) is 8.25. The number of hydrogen-bond acceptors (Lipinski definition) is 8. The van der Waals surface area contributed by atoms with E-state index >= 15 is 0 Å².